The Morgan fingerprint density at radius 2 is 2.00 bits per heavy atom. The summed E-state index contributed by atoms with van der Waals surface area (Å²) in [5.74, 6) is -1.12. The van der Waals surface area contributed by atoms with E-state index >= 15 is 0 Å². The lowest BCUT2D eigenvalue weighted by molar-refractivity contribution is -0.137. The number of carboxylic acids is 1. The fraction of sp³-hybridized carbons (Fsp3) is 0.375. The molecule has 0 bridgehead atoms. The molecule has 0 aromatic carbocycles. The number of carboxylic acid groups (broad SMARTS) is 1. The number of fused-ring (bicyclic) bond motifs is 1. The first-order chi connectivity index (χ1) is 11.8. The normalized spacial score (nSPS) is 11.6. The molecule has 3 rings (SSSR count). The van der Waals surface area contributed by atoms with Crippen molar-refractivity contribution in [1.82, 2.24) is 24.5 Å². The lowest BCUT2D eigenvalue weighted by Gasteiger charge is -2.07. The molecule has 1 N–H and O–H groups in total. The van der Waals surface area contributed by atoms with Gasteiger partial charge in [-0.25, -0.2) is 18.4 Å². The number of aliphatic carboxylic acids is 1. The molecule has 132 valence electrons. The zero-order valence-corrected chi connectivity index (χ0v) is 14.0. The molecule has 3 heterocycles. The van der Waals surface area contributed by atoms with Crippen LogP contribution in [0.2, 0.25) is 0 Å². The molecule has 9 heteroatoms. The zero-order valence-electron chi connectivity index (χ0n) is 14.0. The zero-order chi connectivity index (χ0) is 18.3. The predicted molar refractivity (Wildman–Crippen MR) is 86.5 cm³/mol. The van der Waals surface area contributed by atoms with Gasteiger partial charge in [-0.1, -0.05) is 0 Å². The van der Waals surface area contributed by atoms with Crippen molar-refractivity contribution < 1.29 is 18.7 Å². The van der Waals surface area contributed by atoms with Gasteiger partial charge in [-0.2, -0.15) is 10.2 Å². The summed E-state index contributed by atoms with van der Waals surface area (Å²) in [5.41, 5.74) is 1.87. The number of halogens is 2. The largest absolute Gasteiger partial charge is 0.480 e. The molecule has 0 fully saturated rings. The van der Waals surface area contributed by atoms with E-state index in [0.717, 1.165) is 4.68 Å². The van der Waals surface area contributed by atoms with Crippen LogP contribution in [0, 0.1) is 13.8 Å². The van der Waals surface area contributed by atoms with Crippen molar-refractivity contribution in [1.29, 1.82) is 0 Å². The Morgan fingerprint density at radius 3 is 2.56 bits per heavy atom. The van der Waals surface area contributed by atoms with Gasteiger partial charge in [-0.05, 0) is 26.8 Å². The first kappa shape index (κ1) is 17.0. The number of hydrogen-bond donors (Lipinski definition) is 1. The average Bonchev–Trinajstić information content (AvgIpc) is 3.06. The van der Waals surface area contributed by atoms with E-state index in [1.165, 1.54) is 6.07 Å². The summed E-state index contributed by atoms with van der Waals surface area (Å²) in [6.45, 7) is 5.45. The van der Waals surface area contributed by atoms with Crippen LogP contribution in [-0.2, 0) is 17.9 Å². The Bertz CT molecular complexity index is 961. The van der Waals surface area contributed by atoms with Gasteiger partial charge in [0.2, 0.25) is 0 Å². The van der Waals surface area contributed by atoms with Gasteiger partial charge in [-0.3, -0.25) is 9.48 Å². The van der Waals surface area contributed by atoms with Gasteiger partial charge < -0.3 is 5.11 Å². The second-order valence-corrected chi connectivity index (χ2v) is 5.72. The van der Waals surface area contributed by atoms with Gasteiger partial charge in [0.25, 0.3) is 6.43 Å². The average molecular weight is 349 g/mol. The summed E-state index contributed by atoms with van der Waals surface area (Å²) < 4.78 is 30.1. The van der Waals surface area contributed by atoms with Crippen LogP contribution in [0.5, 0.6) is 0 Å². The topological polar surface area (TPSA) is 85.8 Å². The lowest BCUT2D eigenvalue weighted by atomic mass is 10.1. The first-order valence-corrected chi connectivity index (χ1v) is 7.74. The Balaban J connectivity index is 2.30. The highest BCUT2D eigenvalue weighted by Gasteiger charge is 2.22. The number of nitrogens with zero attached hydrogens (tertiary/aromatic N) is 5. The molecule has 3 aromatic heterocycles. The smallest absolute Gasteiger partial charge is 0.325 e. The van der Waals surface area contributed by atoms with Crippen LogP contribution in [0.3, 0.4) is 0 Å². The van der Waals surface area contributed by atoms with E-state index in [4.69, 9.17) is 5.11 Å². The molecule has 0 radical (unpaired) electrons. The molecule has 3 aromatic rings. The van der Waals surface area contributed by atoms with Crippen LogP contribution < -0.4 is 0 Å². The highest BCUT2D eigenvalue weighted by atomic mass is 19.3. The standard InChI is InChI=1S/C16H17F2N5O2/c1-4-22-6-11(8(2)20-22)12-5-10(15(17)18)14-9(3)21-23(7-13(24)25)16(14)19-12/h5-6,15H,4,7H2,1-3H3,(H,24,25). The van der Waals surface area contributed by atoms with Crippen LogP contribution in [0.1, 0.15) is 30.3 Å². The molecule has 0 saturated carbocycles. The van der Waals surface area contributed by atoms with E-state index in [-0.39, 0.29) is 16.6 Å². The summed E-state index contributed by atoms with van der Waals surface area (Å²) in [5, 5.41) is 17.6. The summed E-state index contributed by atoms with van der Waals surface area (Å²) in [6.07, 6.45) is -0.990. The number of alkyl halides is 2. The number of rotatable bonds is 5. The van der Waals surface area contributed by atoms with Gasteiger partial charge in [0.1, 0.15) is 6.54 Å². The number of pyridine rings is 1. The minimum Gasteiger partial charge on any atom is -0.480 e. The third kappa shape index (κ3) is 2.97. The maximum atomic E-state index is 13.6. The van der Waals surface area contributed by atoms with E-state index in [1.807, 2.05) is 6.92 Å². The van der Waals surface area contributed by atoms with Crippen molar-refractivity contribution in [3.63, 3.8) is 0 Å². The fourth-order valence-electron chi connectivity index (χ4n) is 2.87. The molecule has 0 amide bonds. The lowest BCUT2D eigenvalue weighted by Crippen LogP contribution is -2.11. The van der Waals surface area contributed by atoms with E-state index in [9.17, 15) is 13.6 Å². The molecule has 0 spiro atoms. The number of hydrogen-bond acceptors (Lipinski definition) is 4. The van der Waals surface area contributed by atoms with Crippen molar-refractivity contribution in [2.24, 2.45) is 0 Å². The van der Waals surface area contributed by atoms with Crippen molar-refractivity contribution >= 4 is 17.0 Å². The molecular weight excluding hydrogens is 332 g/mol. The maximum Gasteiger partial charge on any atom is 0.325 e. The highest BCUT2D eigenvalue weighted by Crippen LogP contribution is 2.33. The summed E-state index contributed by atoms with van der Waals surface area (Å²) in [7, 11) is 0. The number of carbonyl (C=O) groups is 1. The van der Waals surface area contributed by atoms with E-state index in [0.29, 0.717) is 29.2 Å². The van der Waals surface area contributed by atoms with Gasteiger partial charge in [0.05, 0.1) is 22.5 Å². The summed E-state index contributed by atoms with van der Waals surface area (Å²) in [4.78, 5) is 15.5. The third-order valence-electron chi connectivity index (χ3n) is 3.97. The Labute approximate surface area is 141 Å². The molecule has 25 heavy (non-hydrogen) atoms. The van der Waals surface area contributed by atoms with Crippen molar-refractivity contribution in [2.75, 3.05) is 0 Å². The Kier molecular flexibility index (Phi) is 4.23. The molecule has 0 aliphatic heterocycles. The molecule has 7 nitrogen and oxygen atoms in total. The molecule has 0 atom stereocenters. The van der Waals surface area contributed by atoms with Crippen LogP contribution in [0.25, 0.3) is 22.3 Å². The third-order valence-corrected chi connectivity index (χ3v) is 3.97. The van der Waals surface area contributed by atoms with E-state index < -0.39 is 18.9 Å². The quantitative estimate of drug-likeness (QED) is 0.765. The molecule has 0 saturated heterocycles. The van der Waals surface area contributed by atoms with Gasteiger partial charge >= 0.3 is 5.97 Å². The molecule has 0 unspecified atom stereocenters. The van der Waals surface area contributed by atoms with Crippen LogP contribution >= 0.6 is 0 Å². The summed E-state index contributed by atoms with van der Waals surface area (Å²) >= 11 is 0. The van der Waals surface area contributed by atoms with Crippen LogP contribution in [0.15, 0.2) is 12.3 Å². The fourth-order valence-corrected chi connectivity index (χ4v) is 2.87. The Morgan fingerprint density at radius 1 is 1.28 bits per heavy atom. The van der Waals surface area contributed by atoms with Gasteiger partial charge in [-0.15, -0.1) is 0 Å². The second kappa shape index (κ2) is 6.23. The Hall–Kier alpha value is -2.84. The highest BCUT2D eigenvalue weighted by molar-refractivity contribution is 5.86. The van der Waals surface area contributed by atoms with Gasteiger partial charge in [0, 0.05) is 23.9 Å². The van der Waals surface area contributed by atoms with Crippen LogP contribution in [-0.4, -0.2) is 35.6 Å². The number of aromatic nitrogens is 5. The molecule has 0 aliphatic carbocycles. The maximum absolute atomic E-state index is 13.6. The monoisotopic (exact) mass is 349 g/mol. The molecular formula is C16H17F2N5O2. The second-order valence-electron chi connectivity index (χ2n) is 5.72. The SMILES string of the molecule is CCn1cc(-c2cc(C(F)F)c3c(C)nn(CC(=O)O)c3n2)c(C)n1. The van der Waals surface area contributed by atoms with Crippen molar-refractivity contribution in [2.45, 2.75) is 40.3 Å². The van der Waals surface area contributed by atoms with Crippen molar-refractivity contribution in [3.05, 3.63) is 29.2 Å². The minimum atomic E-state index is -2.73. The van der Waals surface area contributed by atoms with Gasteiger partial charge in [0.15, 0.2) is 5.65 Å². The predicted octanol–water partition coefficient (Wildman–Crippen LogP) is 2.95. The first-order valence-electron chi connectivity index (χ1n) is 7.74. The van der Waals surface area contributed by atoms with Crippen LogP contribution in [0.4, 0.5) is 8.78 Å². The number of aryl methyl sites for hydroxylation is 3. The van der Waals surface area contributed by atoms with E-state index in [1.54, 1.807) is 24.7 Å². The van der Waals surface area contributed by atoms with Crippen molar-refractivity contribution in [3.8, 4) is 11.3 Å². The molecule has 0 aliphatic rings. The summed E-state index contributed by atoms with van der Waals surface area (Å²) in [6, 6.07) is 1.33. The van der Waals surface area contributed by atoms with E-state index in [2.05, 4.69) is 15.2 Å². The minimum absolute atomic E-state index is 0.136.